The van der Waals surface area contributed by atoms with Crippen LogP contribution in [-0.4, -0.2) is 13.1 Å². The molecule has 2 aliphatic carbocycles. The van der Waals surface area contributed by atoms with E-state index in [1.54, 1.807) is 0 Å². The van der Waals surface area contributed by atoms with Gasteiger partial charge in [0.15, 0.2) is 0 Å². The summed E-state index contributed by atoms with van der Waals surface area (Å²) in [4.78, 5) is 0. The normalized spacial score (nSPS) is 30.2. The number of nitrogens with one attached hydrogen (secondary N) is 1. The Morgan fingerprint density at radius 2 is 1.53 bits per heavy atom. The molecule has 0 radical (unpaired) electrons. The molecule has 2 saturated carbocycles. The van der Waals surface area contributed by atoms with Gasteiger partial charge in [-0.2, -0.15) is 0 Å². The SMILES string of the molecule is CNC(CC1CCCCC1)C1C(C)(C)C1(C)C. The molecule has 0 heterocycles. The molecule has 2 fully saturated rings. The molecule has 1 unspecified atom stereocenters. The Hall–Kier alpha value is -0.0400. The maximum absolute atomic E-state index is 3.62. The minimum atomic E-state index is 0.523. The average Bonchev–Trinajstić information content (AvgIpc) is 2.68. The molecule has 0 spiro atoms. The number of hydrogen-bond donors (Lipinski definition) is 1. The summed E-state index contributed by atoms with van der Waals surface area (Å²) in [5, 5.41) is 3.62. The second-order valence-electron chi connectivity index (χ2n) is 7.56. The summed E-state index contributed by atoms with van der Waals surface area (Å²) in [5.74, 6) is 1.86. The molecule has 1 N–H and O–H groups in total. The van der Waals surface area contributed by atoms with Crippen molar-refractivity contribution in [2.24, 2.45) is 22.7 Å². The lowest BCUT2D eigenvalue weighted by Gasteiger charge is -2.27. The molecule has 0 aromatic carbocycles. The van der Waals surface area contributed by atoms with E-state index < -0.39 is 0 Å². The third kappa shape index (κ3) is 2.28. The quantitative estimate of drug-likeness (QED) is 0.771. The zero-order valence-electron chi connectivity index (χ0n) is 12.5. The number of rotatable bonds is 4. The lowest BCUT2D eigenvalue weighted by atomic mass is 9.83. The second kappa shape index (κ2) is 4.57. The fourth-order valence-corrected chi connectivity index (χ4v) is 4.46. The summed E-state index contributed by atoms with van der Waals surface area (Å²) in [6.07, 6.45) is 8.78. The Balaban J connectivity index is 1.94. The van der Waals surface area contributed by atoms with Crippen LogP contribution in [0.5, 0.6) is 0 Å². The van der Waals surface area contributed by atoms with Crippen molar-refractivity contribution in [2.75, 3.05) is 7.05 Å². The van der Waals surface area contributed by atoms with E-state index in [2.05, 4.69) is 40.1 Å². The van der Waals surface area contributed by atoms with Gasteiger partial charge in [-0.15, -0.1) is 0 Å². The Morgan fingerprint density at radius 1 is 1.00 bits per heavy atom. The van der Waals surface area contributed by atoms with Crippen LogP contribution in [-0.2, 0) is 0 Å². The van der Waals surface area contributed by atoms with Gasteiger partial charge in [0.2, 0.25) is 0 Å². The van der Waals surface area contributed by atoms with Gasteiger partial charge in [0.25, 0.3) is 0 Å². The predicted octanol–water partition coefficient (Wildman–Crippen LogP) is 4.23. The highest BCUT2D eigenvalue weighted by molar-refractivity contribution is 5.16. The van der Waals surface area contributed by atoms with E-state index in [-0.39, 0.29) is 0 Å². The lowest BCUT2D eigenvalue weighted by Crippen LogP contribution is -2.33. The summed E-state index contributed by atoms with van der Waals surface area (Å²) in [6.45, 7) is 9.79. The molecule has 1 nitrogen and oxygen atoms in total. The van der Waals surface area contributed by atoms with Crippen molar-refractivity contribution in [3.05, 3.63) is 0 Å². The van der Waals surface area contributed by atoms with Crippen LogP contribution in [0, 0.1) is 22.7 Å². The molecular weight excluding hydrogens is 206 g/mol. The number of hydrogen-bond acceptors (Lipinski definition) is 1. The van der Waals surface area contributed by atoms with Crippen LogP contribution in [0.15, 0.2) is 0 Å². The zero-order valence-corrected chi connectivity index (χ0v) is 12.5. The molecule has 100 valence electrons. The molecule has 0 bridgehead atoms. The van der Waals surface area contributed by atoms with Gasteiger partial charge in [-0.05, 0) is 36.1 Å². The first-order chi connectivity index (χ1) is 7.91. The van der Waals surface area contributed by atoms with Crippen LogP contribution in [0.4, 0.5) is 0 Å². The monoisotopic (exact) mass is 237 g/mol. The van der Waals surface area contributed by atoms with Crippen molar-refractivity contribution in [1.29, 1.82) is 0 Å². The zero-order chi connectivity index (χ0) is 12.7. The van der Waals surface area contributed by atoms with Crippen molar-refractivity contribution in [2.45, 2.75) is 72.3 Å². The molecule has 2 rings (SSSR count). The first-order valence-corrected chi connectivity index (χ1v) is 7.58. The van der Waals surface area contributed by atoms with E-state index in [1.807, 2.05) is 0 Å². The summed E-state index contributed by atoms with van der Waals surface area (Å²) < 4.78 is 0. The van der Waals surface area contributed by atoms with E-state index in [0.717, 1.165) is 17.9 Å². The van der Waals surface area contributed by atoms with Gasteiger partial charge in [-0.25, -0.2) is 0 Å². The summed E-state index contributed by atoms with van der Waals surface area (Å²) >= 11 is 0. The van der Waals surface area contributed by atoms with Crippen molar-refractivity contribution in [3.63, 3.8) is 0 Å². The predicted molar refractivity (Wildman–Crippen MR) is 75.1 cm³/mol. The Kier molecular flexibility index (Phi) is 3.60. The summed E-state index contributed by atoms with van der Waals surface area (Å²) in [7, 11) is 2.16. The molecule has 0 aromatic rings. The van der Waals surface area contributed by atoms with Crippen molar-refractivity contribution < 1.29 is 0 Å². The third-order valence-electron chi connectivity index (χ3n) is 6.22. The van der Waals surface area contributed by atoms with Crippen LogP contribution >= 0.6 is 0 Å². The minimum absolute atomic E-state index is 0.523. The maximum Gasteiger partial charge on any atom is 0.0106 e. The summed E-state index contributed by atoms with van der Waals surface area (Å²) in [6, 6.07) is 0.739. The molecule has 1 heteroatoms. The maximum atomic E-state index is 3.62. The Labute approximate surface area is 108 Å². The van der Waals surface area contributed by atoms with Crippen LogP contribution in [0.1, 0.15) is 66.2 Å². The van der Waals surface area contributed by atoms with E-state index in [0.29, 0.717) is 10.8 Å². The topological polar surface area (TPSA) is 12.0 Å². The van der Waals surface area contributed by atoms with Gasteiger partial charge in [0, 0.05) is 6.04 Å². The van der Waals surface area contributed by atoms with E-state index in [9.17, 15) is 0 Å². The molecule has 1 atom stereocenters. The van der Waals surface area contributed by atoms with E-state index in [4.69, 9.17) is 0 Å². The van der Waals surface area contributed by atoms with Crippen molar-refractivity contribution in [1.82, 2.24) is 5.32 Å². The van der Waals surface area contributed by atoms with Crippen LogP contribution in [0.2, 0.25) is 0 Å². The third-order valence-corrected chi connectivity index (χ3v) is 6.22. The second-order valence-corrected chi connectivity index (χ2v) is 7.56. The van der Waals surface area contributed by atoms with Gasteiger partial charge >= 0.3 is 0 Å². The van der Waals surface area contributed by atoms with E-state index >= 15 is 0 Å². The average molecular weight is 237 g/mol. The van der Waals surface area contributed by atoms with Crippen LogP contribution in [0.25, 0.3) is 0 Å². The van der Waals surface area contributed by atoms with E-state index in [1.165, 1.54) is 38.5 Å². The van der Waals surface area contributed by atoms with Gasteiger partial charge in [-0.1, -0.05) is 59.8 Å². The molecular formula is C16H31N. The Bertz CT molecular complexity index is 247. The van der Waals surface area contributed by atoms with Gasteiger partial charge in [0.1, 0.15) is 0 Å². The summed E-state index contributed by atoms with van der Waals surface area (Å²) in [5.41, 5.74) is 1.05. The highest BCUT2D eigenvalue weighted by Gasteiger charge is 2.66. The van der Waals surface area contributed by atoms with Crippen molar-refractivity contribution >= 4 is 0 Å². The van der Waals surface area contributed by atoms with Crippen LogP contribution < -0.4 is 5.32 Å². The molecule has 0 saturated heterocycles. The first-order valence-electron chi connectivity index (χ1n) is 7.58. The standard InChI is InChI=1S/C16H31N/c1-15(2)14(16(15,3)4)13(17-5)11-12-9-7-6-8-10-12/h12-14,17H,6-11H2,1-5H3. The highest BCUT2D eigenvalue weighted by atomic mass is 14.9. The molecule has 17 heavy (non-hydrogen) atoms. The Morgan fingerprint density at radius 3 is 1.94 bits per heavy atom. The highest BCUT2D eigenvalue weighted by Crippen LogP contribution is 2.70. The van der Waals surface area contributed by atoms with Gasteiger partial charge in [0.05, 0.1) is 0 Å². The fourth-order valence-electron chi connectivity index (χ4n) is 4.46. The molecule has 0 aromatic heterocycles. The van der Waals surface area contributed by atoms with Gasteiger partial charge < -0.3 is 5.32 Å². The molecule has 2 aliphatic rings. The largest absolute Gasteiger partial charge is 0.317 e. The fraction of sp³-hybridized carbons (Fsp3) is 1.00. The molecule has 0 aliphatic heterocycles. The minimum Gasteiger partial charge on any atom is -0.317 e. The lowest BCUT2D eigenvalue weighted by molar-refractivity contribution is 0.274. The smallest absolute Gasteiger partial charge is 0.0106 e. The molecule has 0 amide bonds. The van der Waals surface area contributed by atoms with Crippen molar-refractivity contribution in [3.8, 4) is 0 Å². The van der Waals surface area contributed by atoms with Crippen LogP contribution in [0.3, 0.4) is 0 Å². The van der Waals surface area contributed by atoms with Gasteiger partial charge in [-0.3, -0.25) is 0 Å². The first kappa shape index (κ1) is 13.4.